The third-order valence-electron chi connectivity index (χ3n) is 5.66. The fourth-order valence-electron chi connectivity index (χ4n) is 3.25. The summed E-state index contributed by atoms with van der Waals surface area (Å²) in [5.41, 5.74) is 6.33. The number of carbonyl (C=O) groups is 1. The van der Waals surface area contributed by atoms with Gasteiger partial charge in [-0.3, -0.25) is 4.79 Å². The second-order valence-corrected chi connectivity index (χ2v) is 9.00. The highest BCUT2D eigenvalue weighted by atomic mass is 16.4. The molecule has 1 unspecified atom stereocenters. The molecule has 1 atom stereocenters. The molecular formula is C28H47NO6. The fourth-order valence-corrected chi connectivity index (χ4v) is 3.25. The van der Waals surface area contributed by atoms with Gasteiger partial charge in [0.15, 0.2) is 0 Å². The number of aliphatic hydroxyl groups excluding tert-OH is 4. The van der Waals surface area contributed by atoms with Gasteiger partial charge in [0.2, 0.25) is 0 Å². The van der Waals surface area contributed by atoms with E-state index in [2.05, 4.69) is 25.1 Å². The molecule has 7 N–H and O–H groups in total. The van der Waals surface area contributed by atoms with E-state index in [1.165, 1.54) is 37.7 Å². The first-order chi connectivity index (χ1) is 16.8. The summed E-state index contributed by atoms with van der Waals surface area (Å²) in [5, 5.41) is 43.8. The molecule has 0 aliphatic carbocycles. The number of allylic oxidation sites excluding steroid dienone is 2. The number of benzene rings is 1. The summed E-state index contributed by atoms with van der Waals surface area (Å²) < 4.78 is 0. The van der Waals surface area contributed by atoms with E-state index < -0.39 is 31.3 Å². The van der Waals surface area contributed by atoms with Crippen molar-refractivity contribution in [1.82, 2.24) is 0 Å². The molecule has 0 aliphatic heterocycles. The maximum absolute atomic E-state index is 10.6. The number of carboxylic acids is 1. The van der Waals surface area contributed by atoms with Crippen LogP contribution >= 0.6 is 0 Å². The van der Waals surface area contributed by atoms with E-state index in [0.29, 0.717) is 6.42 Å². The smallest absolute Gasteiger partial charge is 0.303 e. The predicted molar refractivity (Wildman–Crippen MR) is 142 cm³/mol. The lowest BCUT2D eigenvalue weighted by Gasteiger charge is -2.20. The molecule has 1 aromatic carbocycles. The van der Waals surface area contributed by atoms with Crippen LogP contribution in [-0.2, 0) is 11.2 Å². The lowest BCUT2D eigenvalue weighted by atomic mass is 10.0. The average molecular weight is 494 g/mol. The largest absolute Gasteiger partial charge is 0.481 e. The Morgan fingerprint density at radius 1 is 0.943 bits per heavy atom. The van der Waals surface area contributed by atoms with E-state index in [-0.39, 0.29) is 12.5 Å². The van der Waals surface area contributed by atoms with E-state index in [1.54, 1.807) is 0 Å². The third-order valence-corrected chi connectivity index (χ3v) is 5.66. The van der Waals surface area contributed by atoms with Crippen LogP contribution in [0.1, 0.15) is 82.3 Å². The van der Waals surface area contributed by atoms with Crippen molar-refractivity contribution in [2.45, 2.75) is 89.2 Å². The highest BCUT2D eigenvalue weighted by molar-refractivity contribution is 5.66. The van der Waals surface area contributed by atoms with Crippen LogP contribution in [0, 0.1) is 0 Å². The normalized spacial score (nSPS) is 12.6. The topological polar surface area (TPSA) is 144 Å². The van der Waals surface area contributed by atoms with Crippen LogP contribution in [0.4, 0.5) is 0 Å². The summed E-state index contributed by atoms with van der Waals surface area (Å²) in [5.74, 6) is -0.729. The van der Waals surface area contributed by atoms with E-state index in [0.717, 1.165) is 31.2 Å². The Morgan fingerprint density at radius 3 is 2.17 bits per heavy atom. The Hall–Kier alpha value is -2.03. The summed E-state index contributed by atoms with van der Waals surface area (Å²) >= 11 is 0. The van der Waals surface area contributed by atoms with Gasteiger partial charge in [0.1, 0.15) is 0 Å². The van der Waals surface area contributed by atoms with Gasteiger partial charge in [-0.25, -0.2) is 0 Å². The van der Waals surface area contributed by atoms with Crippen LogP contribution in [0.15, 0.2) is 42.5 Å². The highest BCUT2D eigenvalue weighted by Gasteiger charge is 2.20. The number of rotatable bonds is 18. The molecule has 35 heavy (non-hydrogen) atoms. The molecule has 0 heterocycles. The van der Waals surface area contributed by atoms with Crippen molar-refractivity contribution in [2.75, 3.05) is 19.8 Å². The summed E-state index contributed by atoms with van der Waals surface area (Å²) in [6.07, 6.45) is 18.4. The van der Waals surface area contributed by atoms with Crippen molar-refractivity contribution >= 4 is 12.0 Å². The number of aliphatic hydroxyl groups is 4. The average Bonchev–Trinajstić information content (AvgIpc) is 2.87. The molecule has 0 fully saturated rings. The van der Waals surface area contributed by atoms with Crippen LogP contribution < -0.4 is 5.73 Å². The van der Waals surface area contributed by atoms with Gasteiger partial charge in [0.05, 0.1) is 31.5 Å². The van der Waals surface area contributed by atoms with Gasteiger partial charge in [0, 0.05) is 6.42 Å². The van der Waals surface area contributed by atoms with Gasteiger partial charge in [0.25, 0.3) is 0 Å². The SMILES string of the molecule is CCCCCCCCC(O)/C=C/C=C/c1ccccc1CCCCC(=O)O.NC(CO)(CO)CO. The molecule has 7 nitrogen and oxygen atoms in total. The second-order valence-electron chi connectivity index (χ2n) is 9.00. The van der Waals surface area contributed by atoms with E-state index in [9.17, 15) is 9.90 Å². The number of nitrogens with two attached hydrogens (primary N) is 1. The van der Waals surface area contributed by atoms with Crippen molar-refractivity contribution < 1.29 is 30.3 Å². The second kappa shape index (κ2) is 21.3. The Balaban J connectivity index is 0.00000124. The Labute approximate surface area is 211 Å². The van der Waals surface area contributed by atoms with Gasteiger partial charge >= 0.3 is 5.97 Å². The van der Waals surface area contributed by atoms with Crippen LogP contribution in [0.3, 0.4) is 0 Å². The summed E-state index contributed by atoms with van der Waals surface area (Å²) in [6.45, 7) is 1.01. The zero-order valence-electron chi connectivity index (χ0n) is 21.3. The van der Waals surface area contributed by atoms with E-state index in [4.69, 9.17) is 26.2 Å². The fraction of sp³-hybridized carbons (Fsp3) is 0.607. The molecule has 0 spiro atoms. The minimum Gasteiger partial charge on any atom is -0.481 e. The number of unbranched alkanes of at least 4 members (excludes halogenated alkanes) is 6. The third kappa shape index (κ3) is 18.0. The van der Waals surface area contributed by atoms with E-state index in [1.807, 2.05) is 30.4 Å². The minimum atomic E-state index is -1.21. The standard InChI is InChI=1S/C24H36O3.C4H11NO3/c1-2-3-4-5-6-7-18-23(25)19-12-10-16-21-14-8-9-15-22(21)17-11-13-20-24(26)27;5-4(1-6,2-7)3-8/h8-10,12,14-16,19,23,25H,2-7,11,13,17-18,20H2,1H3,(H,26,27);6-8H,1-3,5H2/b16-10+,19-12+;. The van der Waals surface area contributed by atoms with Crippen molar-refractivity contribution in [2.24, 2.45) is 5.73 Å². The lowest BCUT2D eigenvalue weighted by Crippen LogP contribution is -2.50. The molecule has 0 saturated carbocycles. The quantitative estimate of drug-likeness (QED) is 0.135. The van der Waals surface area contributed by atoms with Gasteiger partial charge < -0.3 is 31.3 Å². The molecule has 0 saturated heterocycles. The van der Waals surface area contributed by atoms with E-state index >= 15 is 0 Å². The number of aryl methyl sites for hydroxylation is 1. The number of hydrogen-bond acceptors (Lipinski definition) is 6. The minimum absolute atomic E-state index is 0.233. The first-order valence-corrected chi connectivity index (χ1v) is 12.8. The van der Waals surface area contributed by atoms with Crippen LogP contribution in [0.5, 0.6) is 0 Å². The van der Waals surface area contributed by atoms with Crippen molar-refractivity contribution in [3.8, 4) is 0 Å². The van der Waals surface area contributed by atoms with Crippen molar-refractivity contribution in [3.05, 3.63) is 53.6 Å². The predicted octanol–water partition coefficient (Wildman–Crippen LogP) is 3.83. The van der Waals surface area contributed by atoms with Crippen molar-refractivity contribution in [3.63, 3.8) is 0 Å². The maximum Gasteiger partial charge on any atom is 0.303 e. The molecule has 1 aromatic rings. The first-order valence-electron chi connectivity index (χ1n) is 12.8. The number of hydrogen-bond donors (Lipinski definition) is 6. The number of aliphatic carboxylic acids is 1. The molecule has 1 rings (SSSR count). The number of carboxylic acid groups (broad SMARTS) is 1. The molecular weight excluding hydrogens is 446 g/mol. The molecule has 0 amide bonds. The summed E-state index contributed by atoms with van der Waals surface area (Å²) in [4.78, 5) is 10.6. The van der Waals surface area contributed by atoms with Crippen molar-refractivity contribution in [1.29, 1.82) is 0 Å². The van der Waals surface area contributed by atoms with Gasteiger partial charge in [-0.2, -0.15) is 0 Å². The Kier molecular flexibility index (Phi) is 20.0. The molecule has 0 bridgehead atoms. The Bertz CT molecular complexity index is 707. The van der Waals surface area contributed by atoms with Gasteiger partial charge in [-0.1, -0.05) is 94.0 Å². The van der Waals surface area contributed by atoms with Crippen LogP contribution in [0.2, 0.25) is 0 Å². The molecule has 7 heteroatoms. The van der Waals surface area contributed by atoms with Crippen LogP contribution in [-0.4, -0.2) is 63.0 Å². The molecule has 0 aromatic heterocycles. The zero-order valence-corrected chi connectivity index (χ0v) is 21.3. The Morgan fingerprint density at radius 2 is 1.57 bits per heavy atom. The molecule has 200 valence electrons. The first kappa shape index (κ1) is 33.0. The summed E-state index contributed by atoms with van der Waals surface area (Å²) in [7, 11) is 0. The van der Waals surface area contributed by atoms with Gasteiger partial charge in [-0.05, 0) is 36.8 Å². The highest BCUT2D eigenvalue weighted by Crippen LogP contribution is 2.15. The summed E-state index contributed by atoms with van der Waals surface area (Å²) in [6, 6.07) is 8.20. The zero-order chi connectivity index (χ0) is 26.4. The molecule has 0 radical (unpaired) electrons. The lowest BCUT2D eigenvalue weighted by molar-refractivity contribution is -0.137. The van der Waals surface area contributed by atoms with Gasteiger partial charge in [-0.15, -0.1) is 0 Å². The van der Waals surface area contributed by atoms with Crippen LogP contribution in [0.25, 0.3) is 6.08 Å². The monoisotopic (exact) mass is 493 g/mol. The maximum atomic E-state index is 10.6. The molecule has 0 aliphatic rings.